The van der Waals surface area contributed by atoms with Crippen LogP contribution in [0.5, 0.6) is 0 Å². The van der Waals surface area contributed by atoms with E-state index in [9.17, 15) is 8.42 Å². The summed E-state index contributed by atoms with van der Waals surface area (Å²) in [5.41, 5.74) is 2.18. The van der Waals surface area contributed by atoms with Crippen LogP contribution in [0.15, 0.2) is 58.3 Å². The molecule has 3 heterocycles. The van der Waals surface area contributed by atoms with Crippen molar-refractivity contribution in [2.75, 3.05) is 24.7 Å². The average Bonchev–Trinajstić information content (AvgIpc) is 3.01. The zero-order valence-corrected chi connectivity index (χ0v) is 17.4. The molecule has 4 atom stereocenters. The van der Waals surface area contributed by atoms with Crippen LogP contribution in [-0.2, 0) is 53.8 Å². The third-order valence-electron chi connectivity index (χ3n) is 5.39. The Morgan fingerprint density at radius 2 is 1.17 bits per heavy atom. The van der Waals surface area contributed by atoms with Gasteiger partial charge in [-0.3, -0.25) is 8.42 Å². The number of rotatable bonds is 0. The van der Waals surface area contributed by atoms with E-state index in [0.717, 1.165) is 11.1 Å². The molecular weight excluding hydrogens is 412 g/mol. The molecule has 2 aromatic carbocycles. The van der Waals surface area contributed by atoms with Crippen molar-refractivity contribution in [3.8, 4) is 0 Å². The molecule has 0 aliphatic carbocycles. The van der Waals surface area contributed by atoms with Gasteiger partial charge in [-0.2, -0.15) is 0 Å². The largest absolute Gasteiger partial charge is 0.374 e. The highest BCUT2D eigenvalue weighted by Gasteiger charge is 2.51. The maximum absolute atomic E-state index is 13.0. The first-order chi connectivity index (χ1) is 14.1. The normalized spacial score (nSPS) is 34.6. The van der Waals surface area contributed by atoms with Crippen molar-refractivity contribution in [1.82, 2.24) is 0 Å². The Morgan fingerprint density at radius 1 is 0.724 bits per heavy atom. The smallest absolute Gasteiger partial charge is 0.193 e. The summed E-state index contributed by atoms with van der Waals surface area (Å²) in [4.78, 5) is 1.19. The Bertz CT molecular complexity index is 886. The molecular formula is C21H22O6S2. The van der Waals surface area contributed by atoms with Crippen LogP contribution in [-0.4, -0.2) is 51.1 Å². The third-order valence-corrected chi connectivity index (χ3v) is 8.61. The van der Waals surface area contributed by atoms with E-state index in [4.69, 9.17) is 18.9 Å². The number of fused-ring (bicyclic) bond motifs is 3. The highest BCUT2D eigenvalue weighted by Crippen LogP contribution is 2.37. The van der Waals surface area contributed by atoms with E-state index < -0.39 is 27.4 Å². The average molecular weight is 435 g/mol. The van der Waals surface area contributed by atoms with Gasteiger partial charge in [0.25, 0.3) is 0 Å². The maximum Gasteiger partial charge on any atom is 0.193 e. The second-order valence-corrected chi connectivity index (χ2v) is 10.3. The Kier molecular flexibility index (Phi) is 5.40. The summed E-state index contributed by atoms with van der Waals surface area (Å²) in [7, 11) is -2.74. The van der Waals surface area contributed by atoms with E-state index in [1.807, 2.05) is 36.4 Å². The second-order valence-electron chi connectivity index (χ2n) is 7.45. The van der Waals surface area contributed by atoms with E-state index in [1.165, 1.54) is 0 Å². The van der Waals surface area contributed by atoms with Gasteiger partial charge in [0, 0.05) is 0 Å². The molecule has 5 rings (SSSR count). The lowest BCUT2D eigenvalue weighted by Gasteiger charge is -2.25. The van der Waals surface area contributed by atoms with E-state index in [2.05, 4.69) is 0 Å². The first-order valence-corrected chi connectivity index (χ1v) is 12.2. The Morgan fingerprint density at radius 3 is 1.66 bits per heavy atom. The molecule has 29 heavy (non-hydrogen) atoms. The summed E-state index contributed by atoms with van der Waals surface area (Å²) in [5, 5.41) is 0. The quantitative estimate of drug-likeness (QED) is 0.633. The van der Waals surface area contributed by atoms with Gasteiger partial charge in [-0.15, -0.1) is 0 Å². The van der Waals surface area contributed by atoms with Gasteiger partial charge in [-0.25, -0.2) is 0 Å². The minimum Gasteiger partial charge on any atom is -0.374 e. The summed E-state index contributed by atoms with van der Waals surface area (Å²) in [6, 6.07) is 15.2. The van der Waals surface area contributed by atoms with Crippen molar-refractivity contribution in [2.45, 2.75) is 41.0 Å². The molecule has 1 spiro atoms. The fourth-order valence-corrected chi connectivity index (χ4v) is 7.30. The second kappa shape index (κ2) is 8.02. The first kappa shape index (κ1) is 19.5. The molecule has 2 unspecified atom stereocenters. The summed E-state index contributed by atoms with van der Waals surface area (Å²) < 4.78 is 50.3. The lowest BCUT2D eigenvalue weighted by Crippen LogP contribution is -2.42. The highest BCUT2D eigenvalue weighted by molar-refractivity contribution is 7.89. The predicted molar refractivity (Wildman–Crippen MR) is 107 cm³/mol. The molecule has 0 amide bonds. The zero-order valence-electron chi connectivity index (χ0n) is 15.8. The summed E-state index contributed by atoms with van der Waals surface area (Å²) >= 11 is 0. The van der Waals surface area contributed by atoms with Crippen LogP contribution < -0.4 is 0 Å². The fraction of sp³-hybridized carbons (Fsp3) is 0.429. The summed E-state index contributed by atoms with van der Waals surface area (Å²) in [6.07, 6.45) is -0.731. The highest BCUT2D eigenvalue weighted by atomic mass is 32.2. The fourth-order valence-electron chi connectivity index (χ4n) is 3.98. The topological polar surface area (TPSA) is 71.1 Å². The van der Waals surface area contributed by atoms with Crippen LogP contribution in [0.2, 0.25) is 0 Å². The van der Waals surface area contributed by atoms with Crippen molar-refractivity contribution in [3.05, 3.63) is 59.7 Å². The molecule has 0 radical (unpaired) electrons. The van der Waals surface area contributed by atoms with Crippen molar-refractivity contribution in [1.29, 1.82) is 0 Å². The van der Waals surface area contributed by atoms with E-state index in [1.54, 1.807) is 12.1 Å². The molecule has 8 heteroatoms. The van der Waals surface area contributed by atoms with E-state index in [-0.39, 0.29) is 23.7 Å². The Balaban J connectivity index is 1.37. The standard InChI is InChI=1S/C21H22O6S2/c22-28-13-21(14-29(23)20-8-4-3-7-19(20)28)26-17-11-24-9-15-5-1-2-6-16(15)10-25-12-18(17)27-21/h1-8,17-18H,9-14H2/t17-,18+,21?,28?,29?. The molecule has 1 saturated heterocycles. The Hall–Kier alpha value is -1.42. The number of ether oxygens (including phenoxy) is 4. The van der Waals surface area contributed by atoms with Crippen LogP contribution >= 0.6 is 0 Å². The van der Waals surface area contributed by atoms with Gasteiger partial charge >= 0.3 is 0 Å². The minimum atomic E-state index is -1.37. The van der Waals surface area contributed by atoms with Gasteiger partial charge in [-0.05, 0) is 23.3 Å². The van der Waals surface area contributed by atoms with Crippen molar-refractivity contribution in [3.63, 3.8) is 0 Å². The number of hydrogen-bond acceptors (Lipinski definition) is 6. The molecule has 6 nitrogen and oxygen atoms in total. The lowest BCUT2D eigenvalue weighted by atomic mass is 10.1. The van der Waals surface area contributed by atoms with Crippen LogP contribution in [0.1, 0.15) is 11.1 Å². The van der Waals surface area contributed by atoms with Crippen LogP contribution in [0, 0.1) is 0 Å². The summed E-state index contributed by atoms with van der Waals surface area (Å²) in [6.45, 7) is 1.58. The summed E-state index contributed by atoms with van der Waals surface area (Å²) in [5.74, 6) is -0.885. The lowest BCUT2D eigenvalue weighted by molar-refractivity contribution is -0.147. The SMILES string of the molecule is O=S1CC2(CS(=O)c3ccccc31)O[C@H]1COCc3ccccc3COC[C@H]1O2. The molecule has 1 fully saturated rings. The molecule has 3 aliphatic heterocycles. The molecule has 154 valence electrons. The van der Waals surface area contributed by atoms with E-state index in [0.29, 0.717) is 36.2 Å². The van der Waals surface area contributed by atoms with Gasteiger partial charge in [0.2, 0.25) is 0 Å². The number of hydrogen-bond donors (Lipinski definition) is 0. The molecule has 0 aromatic heterocycles. The van der Waals surface area contributed by atoms with Crippen LogP contribution in [0.3, 0.4) is 0 Å². The third kappa shape index (κ3) is 3.85. The molecule has 0 N–H and O–H groups in total. The van der Waals surface area contributed by atoms with Gasteiger partial charge in [0.15, 0.2) is 5.79 Å². The maximum atomic E-state index is 13.0. The number of benzene rings is 2. The molecule has 0 saturated carbocycles. The van der Waals surface area contributed by atoms with Crippen molar-refractivity contribution < 1.29 is 27.4 Å². The molecule has 3 aliphatic rings. The van der Waals surface area contributed by atoms with Gasteiger partial charge < -0.3 is 18.9 Å². The van der Waals surface area contributed by atoms with Crippen molar-refractivity contribution >= 4 is 21.6 Å². The van der Waals surface area contributed by atoms with Crippen LogP contribution in [0.25, 0.3) is 0 Å². The minimum absolute atomic E-state index is 0.142. The van der Waals surface area contributed by atoms with E-state index >= 15 is 0 Å². The Labute approximate surface area is 174 Å². The van der Waals surface area contributed by atoms with Gasteiger partial charge in [0.05, 0.1) is 69.3 Å². The monoisotopic (exact) mass is 434 g/mol. The first-order valence-electron chi connectivity index (χ1n) is 9.57. The van der Waals surface area contributed by atoms with Crippen LogP contribution in [0.4, 0.5) is 0 Å². The molecule has 2 aromatic rings. The predicted octanol–water partition coefficient (Wildman–Crippen LogP) is 2.14. The molecule has 0 bridgehead atoms. The zero-order chi connectivity index (χ0) is 19.8. The van der Waals surface area contributed by atoms with Gasteiger partial charge in [-0.1, -0.05) is 36.4 Å². The van der Waals surface area contributed by atoms with Gasteiger partial charge in [0.1, 0.15) is 12.2 Å². The van der Waals surface area contributed by atoms with Crippen molar-refractivity contribution in [2.24, 2.45) is 0 Å².